The molecule has 1 fully saturated rings. The van der Waals surface area contributed by atoms with E-state index in [0.29, 0.717) is 31.6 Å². The highest BCUT2D eigenvalue weighted by Gasteiger charge is 2.29. The smallest absolute Gasteiger partial charge is 0.317 e. The number of carbonyl (C=O) groups excluding carboxylic acids is 1. The zero-order chi connectivity index (χ0) is 18.8. The summed E-state index contributed by atoms with van der Waals surface area (Å²) in [6.07, 6.45) is 0.553. The number of carbonyl (C=O) groups is 1. The Hall–Kier alpha value is -1.67. The molecule has 1 aliphatic heterocycles. The average Bonchev–Trinajstić information content (AvgIpc) is 2.74. The zero-order valence-corrected chi connectivity index (χ0v) is 16.0. The number of hydrogen-bond acceptors (Lipinski definition) is 3. The van der Waals surface area contributed by atoms with Gasteiger partial charge in [-0.15, -0.1) is 0 Å². The Labute approximate surface area is 149 Å². The Morgan fingerprint density at radius 1 is 1.16 bits per heavy atom. The van der Waals surface area contributed by atoms with E-state index in [1.807, 2.05) is 20.8 Å². The van der Waals surface area contributed by atoms with Crippen LogP contribution in [-0.4, -0.2) is 55.4 Å². The van der Waals surface area contributed by atoms with Gasteiger partial charge in [-0.1, -0.05) is 0 Å². The van der Waals surface area contributed by atoms with Gasteiger partial charge in [0, 0.05) is 31.7 Å². The molecule has 0 spiro atoms. The van der Waals surface area contributed by atoms with E-state index >= 15 is 0 Å². The summed E-state index contributed by atoms with van der Waals surface area (Å²) in [6.45, 7) is 8.60. The van der Waals surface area contributed by atoms with Gasteiger partial charge in [0.1, 0.15) is 5.82 Å². The number of benzene rings is 1. The van der Waals surface area contributed by atoms with Crippen molar-refractivity contribution in [2.24, 2.45) is 0 Å². The van der Waals surface area contributed by atoms with Gasteiger partial charge < -0.3 is 10.2 Å². The zero-order valence-electron chi connectivity index (χ0n) is 15.2. The maximum absolute atomic E-state index is 13.4. The van der Waals surface area contributed by atoms with Crippen molar-refractivity contribution < 1.29 is 17.6 Å². The molecule has 1 saturated heterocycles. The van der Waals surface area contributed by atoms with Crippen LogP contribution in [0.1, 0.15) is 32.8 Å². The molecule has 1 aliphatic rings. The van der Waals surface area contributed by atoms with Gasteiger partial charge in [0.05, 0.1) is 4.90 Å². The van der Waals surface area contributed by atoms with Crippen molar-refractivity contribution in [3.05, 3.63) is 29.6 Å². The first kappa shape index (κ1) is 19.7. The first-order chi connectivity index (χ1) is 11.5. The summed E-state index contributed by atoms with van der Waals surface area (Å²) in [7, 11) is -3.70. The quantitative estimate of drug-likeness (QED) is 0.867. The van der Waals surface area contributed by atoms with Gasteiger partial charge in [0.25, 0.3) is 0 Å². The topological polar surface area (TPSA) is 69.7 Å². The molecule has 0 saturated carbocycles. The summed E-state index contributed by atoms with van der Waals surface area (Å²) in [6, 6.07) is 3.61. The first-order valence-corrected chi connectivity index (χ1v) is 9.78. The number of rotatable bonds is 2. The summed E-state index contributed by atoms with van der Waals surface area (Å²) < 4.78 is 40.4. The van der Waals surface area contributed by atoms with Crippen LogP contribution in [0.15, 0.2) is 23.1 Å². The minimum atomic E-state index is -3.70. The minimum absolute atomic E-state index is 0.0824. The number of nitrogens with one attached hydrogen (secondary N) is 1. The van der Waals surface area contributed by atoms with Crippen molar-refractivity contribution in [1.29, 1.82) is 0 Å². The van der Waals surface area contributed by atoms with Crippen molar-refractivity contribution in [3.8, 4) is 0 Å². The van der Waals surface area contributed by atoms with Crippen LogP contribution < -0.4 is 5.32 Å². The molecule has 1 aromatic rings. The molecule has 0 radical (unpaired) electrons. The Bertz CT molecular complexity index is 744. The molecule has 1 aromatic carbocycles. The average molecular weight is 371 g/mol. The second-order valence-corrected chi connectivity index (χ2v) is 9.27. The predicted molar refractivity (Wildman–Crippen MR) is 94.4 cm³/mol. The van der Waals surface area contributed by atoms with Gasteiger partial charge in [-0.2, -0.15) is 4.31 Å². The summed E-state index contributed by atoms with van der Waals surface area (Å²) >= 11 is 0. The van der Waals surface area contributed by atoms with Crippen LogP contribution in [0.4, 0.5) is 9.18 Å². The summed E-state index contributed by atoms with van der Waals surface area (Å²) in [4.78, 5) is 14.0. The SMILES string of the molecule is Cc1cc(S(=O)(=O)N2CCCN(C(=O)NC(C)(C)C)CC2)ccc1F. The van der Waals surface area contributed by atoms with Crippen LogP contribution in [0, 0.1) is 12.7 Å². The Kier molecular flexibility index (Phi) is 5.73. The molecule has 2 rings (SSSR count). The number of sulfonamides is 1. The van der Waals surface area contributed by atoms with E-state index in [4.69, 9.17) is 0 Å². The van der Waals surface area contributed by atoms with Gasteiger partial charge in [0.2, 0.25) is 10.0 Å². The molecule has 8 heteroatoms. The van der Waals surface area contributed by atoms with Crippen LogP contribution in [-0.2, 0) is 10.0 Å². The number of amides is 2. The highest BCUT2D eigenvalue weighted by Crippen LogP contribution is 2.20. The number of aryl methyl sites for hydroxylation is 1. The Morgan fingerprint density at radius 3 is 2.44 bits per heavy atom. The molecular formula is C17H26FN3O3S. The molecular weight excluding hydrogens is 345 g/mol. The van der Waals surface area contributed by atoms with Crippen LogP contribution >= 0.6 is 0 Å². The van der Waals surface area contributed by atoms with Gasteiger partial charge >= 0.3 is 6.03 Å². The van der Waals surface area contributed by atoms with Gasteiger partial charge in [-0.3, -0.25) is 0 Å². The van der Waals surface area contributed by atoms with E-state index < -0.39 is 15.8 Å². The van der Waals surface area contributed by atoms with E-state index in [-0.39, 0.29) is 23.0 Å². The molecule has 140 valence electrons. The largest absolute Gasteiger partial charge is 0.333 e. The van der Waals surface area contributed by atoms with E-state index in [1.54, 1.807) is 4.90 Å². The van der Waals surface area contributed by atoms with Gasteiger partial charge in [-0.05, 0) is 57.9 Å². The van der Waals surface area contributed by atoms with Crippen molar-refractivity contribution in [2.75, 3.05) is 26.2 Å². The highest BCUT2D eigenvalue weighted by atomic mass is 32.2. The maximum atomic E-state index is 13.4. The van der Waals surface area contributed by atoms with Crippen molar-refractivity contribution in [1.82, 2.24) is 14.5 Å². The van der Waals surface area contributed by atoms with Crippen molar-refractivity contribution >= 4 is 16.1 Å². The lowest BCUT2D eigenvalue weighted by Gasteiger charge is -2.27. The number of urea groups is 1. The Balaban J connectivity index is 2.11. The van der Waals surface area contributed by atoms with E-state index in [9.17, 15) is 17.6 Å². The standard InChI is InChI=1S/C17H26FN3O3S/c1-13-12-14(6-7-15(13)18)25(23,24)21-9-5-8-20(10-11-21)16(22)19-17(2,3)4/h6-7,12H,5,8-11H2,1-4H3,(H,19,22). The fourth-order valence-electron chi connectivity index (χ4n) is 2.66. The minimum Gasteiger partial charge on any atom is -0.333 e. The van der Waals surface area contributed by atoms with Gasteiger partial charge in [-0.25, -0.2) is 17.6 Å². The van der Waals surface area contributed by atoms with Crippen molar-refractivity contribution in [3.63, 3.8) is 0 Å². The number of hydrogen-bond donors (Lipinski definition) is 1. The number of nitrogens with zero attached hydrogens (tertiary/aromatic N) is 2. The Morgan fingerprint density at radius 2 is 1.84 bits per heavy atom. The highest BCUT2D eigenvalue weighted by molar-refractivity contribution is 7.89. The molecule has 0 unspecified atom stereocenters. The molecule has 0 aliphatic carbocycles. The number of halogens is 1. The third-order valence-corrected chi connectivity index (χ3v) is 5.89. The fourth-order valence-corrected chi connectivity index (χ4v) is 4.22. The van der Waals surface area contributed by atoms with E-state index in [2.05, 4.69) is 5.32 Å². The molecule has 2 amide bonds. The molecule has 0 bridgehead atoms. The molecule has 1 heterocycles. The van der Waals surface area contributed by atoms with Crippen LogP contribution in [0.3, 0.4) is 0 Å². The first-order valence-electron chi connectivity index (χ1n) is 8.34. The summed E-state index contributed by atoms with van der Waals surface area (Å²) in [5.41, 5.74) is -0.0528. The van der Waals surface area contributed by atoms with Crippen LogP contribution in [0.5, 0.6) is 0 Å². The second-order valence-electron chi connectivity index (χ2n) is 7.34. The predicted octanol–water partition coefficient (Wildman–Crippen LogP) is 2.34. The second kappa shape index (κ2) is 7.29. The van der Waals surface area contributed by atoms with E-state index in [1.165, 1.54) is 29.4 Å². The fraction of sp³-hybridized carbons (Fsp3) is 0.588. The monoisotopic (exact) mass is 371 g/mol. The third-order valence-electron chi connectivity index (χ3n) is 3.99. The van der Waals surface area contributed by atoms with Gasteiger partial charge in [0.15, 0.2) is 0 Å². The molecule has 1 N–H and O–H groups in total. The summed E-state index contributed by atoms with van der Waals surface area (Å²) in [5.74, 6) is -0.431. The normalized spacial score (nSPS) is 17.2. The van der Waals surface area contributed by atoms with Crippen LogP contribution in [0.25, 0.3) is 0 Å². The maximum Gasteiger partial charge on any atom is 0.317 e. The molecule has 6 nitrogen and oxygen atoms in total. The summed E-state index contributed by atoms with van der Waals surface area (Å²) in [5, 5.41) is 2.89. The molecule has 25 heavy (non-hydrogen) atoms. The van der Waals surface area contributed by atoms with Crippen molar-refractivity contribution in [2.45, 2.75) is 44.6 Å². The third kappa shape index (κ3) is 4.92. The lowest BCUT2D eigenvalue weighted by molar-refractivity contribution is 0.191. The van der Waals surface area contributed by atoms with Crippen LogP contribution in [0.2, 0.25) is 0 Å². The molecule has 0 atom stereocenters. The lowest BCUT2D eigenvalue weighted by Crippen LogP contribution is -2.49. The molecule has 0 aromatic heterocycles. The van der Waals surface area contributed by atoms with E-state index in [0.717, 1.165) is 0 Å². The lowest BCUT2D eigenvalue weighted by atomic mass is 10.1.